The average molecular weight is 689 g/mol. The van der Waals surface area contributed by atoms with E-state index >= 15 is 0 Å². The molecule has 3 atom stereocenters. The minimum absolute atomic E-state index is 0.00183. The molecule has 0 aliphatic carbocycles. The maximum Gasteiger partial charge on any atom is 0.408 e. The summed E-state index contributed by atoms with van der Waals surface area (Å²) in [7, 11) is -3.23. The zero-order valence-corrected chi connectivity index (χ0v) is 29.4. The summed E-state index contributed by atoms with van der Waals surface area (Å²) in [4.78, 5) is 35.4. The SMILES string of the molecule is CC(C)(C)OC(=O)N[C@H](Cc1ccccc1)C(=O)N=C1S[C@@H]2CS(=O)(=O)C[C@@H]2N1c1ccc(N2CCC(Cc3ccccc3)CC2)cc1. The van der Waals surface area contributed by atoms with Crippen LogP contribution in [0.3, 0.4) is 0 Å². The lowest BCUT2D eigenvalue weighted by molar-refractivity contribution is -0.119. The molecule has 9 nitrogen and oxygen atoms in total. The Kier molecular flexibility index (Phi) is 10.2. The van der Waals surface area contributed by atoms with Crippen LogP contribution in [0.25, 0.3) is 0 Å². The number of amidine groups is 1. The van der Waals surface area contributed by atoms with E-state index in [-0.39, 0.29) is 29.2 Å². The van der Waals surface area contributed by atoms with Crippen LogP contribution in [-0.4, -0.2) is 73.1 Å². The third kappa shape index (κ3) is 8.60. The van der Waals surface area contributed by atoms with Crippen molar-refractivity contribution in [1.29, 1.82) is 0 Å². The number of benzene rings is 3. The van der Waals surface area contributed by atoms with Gasteiger partial charge in [0.05, 0.1) is 17.5 Å². The molecule has 6 rings (SSSR count). The van der Waals surface area contributed by atoms with Gasteiger partial charge in [-0.3, -0.25) is 4.79 Å². The number of piperidine rings is 1. The molecular weight excluding hydrogens is 645 g/mol. The summed E-state index contributed by atoms with van der Waals surface area (Å²) >= 11 is 1.32. The van der Waals surface area contributed by atoms with E-state index in [0.29, 0.717) is 11.1 Å². The molecule has 2 amide bonds. The molecule has 48 heavy (non-hydrogen) atoms. The number of nitrogens with zero attached hydrogens (tertiary/aromatic N) is 3. The maximum atomic E-state index is 13.8. The van der Waals surface area contributed by atoms with Gasteiger partial charge in [-0.05, 0) is 81.3 Å². The van der Waals surface area contributed by atoms with Crippen LogP contribution in [0.1, 0.15) is 44.7 Å². The van der Waals surface area contributed by atoms with E-state index in [1.807, 2.05) is 47.4 Å². The molecule has 0 bridgehead atoms. The molecule has 1 N–H and O–H groups in total. The second kappa shape index (κ2) is 14.3. The van der Waals surface area contributed by atoms with E-state index in [0.717, 1.165) is 49.3 Å². The highest BCUT2D eigenvalue weighted by Crippen LogP contribution is 2.41. The average Bonchev–Trinajstić information content (AvgIpc) is 3.51. The van der Waals surface area contributed by atoms with Crippen LogP contribution in [-0.2, 0) is 32.2 Å². The zero-order chi connectivity index (χ0) is 33.9. The van der Waals surface area contributed by atoms with Crippen LogP contribution >= 0.6 is 11.8 Å². The van der Waals surface area contributed by atoms with Crippen LogP contribution in [0.4, 0.5) is 16.2 Å². The summed E-state index contributed by atoms with van der Waals surface area (Å²) in [6, 6.07) is 27.0. The van der Waals surface area contributed by atoms with Crippen LogP contribution in [0, 0.1) is 5.92 Å². The molecule has 3 aromatic rings. The third-order valence-corrected chi connectivity index (χ3v) is 12.2. The van der Waals surface area contributed by atoms with Gasteiger partial charge in [-0.25, -0.2) is 13.2 Å². The van der Waals surface area contributed by atoms with Gasteiger partial charge in [-0.1, -0.05) is 72.4 Å². The first-order valence-electron chi connectivity index (χ1n) is 16.6. The summed E-state index contributed by atoms with van der Waals surface area (Å²) < 4.78 is 30.8. The highest BCUT2D eigenvalue weighted by atomic mass is 32.2. The van der Waals surface area contributed by atoms with Crippen molar-refractivity contribution in [2.24, 2.45) is 10.9 Å². The third-order valence-electron chi connectivity index (χ3n) is 9.02. The fourth-order valence-corrected chi connectivity index (χ4v) is 10.6. The minimum Gasteiger partial charge on any atom is -0.444 e. The maximum absolute atomic E-state index is 13.8. The van der Waals surface area contributed by atoms with Crippen molar-refractivity contribution in [2.45, 2.75) is 69.4 Å². The van der Waals surface area contributed by atoms with E-state index < -0.39 is 33.5 Å². The lowest BCUT2D eigenvalue weighted by Gasteiger charge is -2.34. The Morgan fingerprint density at radius 3 is 2.12 bits per heavy atom. The lowest BCUT2D eigenvalue weighted by Crippen LogP contribution is -2.45. The fraction of sp³-hybridized carbons (Fsp3) is 0.432. The summed E-state index contributed by atoms with van der Waals surface area (Å²) in [5.41, 5.74) is 3.44. The monoisotopic (exact) mass is 688 g/mol. The van der Waals surface area contributed by atoms with E-state index in [4.69, 9.17) is 4.74 Å². The lowest BCUT2D eigenvalue weighted by atomic mass is 9.90. The standard InChI is InChI=1S/C37H44N4O5S2/c1-37(2,3)46-36(43)38-31(23-27-12-8-5-9-13-27)34(42)39-35-41(32-24-48(44,45)25-33(32)47-35)30-16-14-29(15-17-30)40-20-18-28(19-21-40)22-26-10-6-4-7-11-26/h4-17,28,31-33H,18-25H2,1-3H3,(H,38,43)/t31-,32+,33-/m1/s1. The predicted molar refractivity (Wildman–Crippen MR) is 194 cm³/mol. The summed E-state index contributed by atoms with van der Waals surface area (Å²) in [6.45, 7) is 7.25. The number of amides is 2. The topological polar surface area (TPSA) is 108 Å². The van der Waals surface area contributed by atoms with Gasteiger partial charge < -0.3 is 19.9 Å². The number of rotatable bonds is 8. The van der Waals surface area contributed by atoms with Gasteiger partial charge in [0.1, 0.15) is 11.6 Å². The normalized spacial score (nSPS) is 22.4. The van der Waals surface area contributed by atoms with Crippen molar-refractivity contribution in [3.05, 3.63) is 96.1 Å². The van der Waals surface area contributed by atoms with E-state index in [2.05, 4.69) is 57.7 Å². The molecule has 3 fully saturated rings. The van der Waals surface area contributed by atoms with E-state index in [1.165, 1.54) is 17.3 Å². The van der Waals surface area contributed by atoms with Crippen LogP contribution in [0.15, 0.2) is 89.9 Å². The second-order valence-corrected chi connectivity index (χ2v) is 17.3. The molecule has 0 radical (unpaired) electrons. The number of nitrogens with one attached hydrogen (secondary N) is 1. The molecule has 3 heterocycles. The quantitative estimate of drug-likeness (QED) is 0.313. The van der Waals surface area contributed by atoms with Gasteiger partial charge in [-0.15, -0.1) is 0 Å². The van der Waals surface area contributed by atoms with Crippen molar-refractivity contribution in [3.8, 4) is 0 Å². The number of thioether (sulfide) groups is 1. The zero-order valence-electron chi connectivity index (χ0n) is 27.7. The number of hydrogen-bond acceptors (Lipinski definition) is 7. The Hall–Kier alpha value is -3.83. The second-order valence-electron chi connectivity index (χ2n) is 13.9. The fourth-order valence-electron chi connectivity index (χ4n) is 6.71. The molecule has 3 aliphatic heterocycles. The Labute approximate surface area is 288 Å². The molecule has 11 heteroatoms. The van der Waals surface area contributed by atoms with Gasteiger partial charge in [0.2, 0.25) is 0 Å². The number of sulfone groups is 1. The van der Waals surface area contributed by atoms with Crippen molar-refractivity contribution in [1.82, 2.24) is 5.32 Å². The molecule has 0 aromatic heterocycles. The number of anilines is 2. The van der Waals surface area contributed by atoms with Gasteiger partial charge in [-0.2, -0.15) is 4.99 Å². The Bertz CT molecular complexity index is 1720. The number of fused-ring (bicyclic) bond motifs is 1. The summed E-state index contributed by atoms with van der Waals surface area (Å²) in [5.74, 6) is 0.178. The Balaban J connectivity index is 1.20. The molecule has 3 aromatic carbocycles. The smallest absolute Gasteiger partial charge is 0.408 e. The van der Waals surface area contributed by atoms with Crippen molar-refractivity contribution >= 4 is 50.1 Å². The van der Waals surface area contributed by atoms with Crippen molar-refractivity contribution < 1.29 is 22.7 Å². The largest absolute Gasteiger partial charge is 0.444 e. The number of carbonyl (C=O) groups is 2. The van der Waals surface area contributed by atoms with Gasteiger partial charge in [0, 0.05) is 36.1 Å². The first-order chi connectivity index (χ1) is 22.9. The first-order valence-corrected chi connectivity index (χ1v) is 19.3. The van der Waals surface area contributed by atoms with Crippen LogP contribution in [0.5, 0.6) is 0 Å². The predicted octanol–water partition coefficient (Wildman–Crippen LogP) is 5.88. The molecule has 0 spiro atoms. The number of hydrogen-bond donors (Lipinski definition) is 1. The minimum atomic E-state index is -3.23. The Morgan fingerprint density at radius 2 is 1.50 bits per heavy atom. The van der Waals surface area contributed by atoms with Crippen molar-refractivity contribution in [2.75, 3.05) is 34.4 Å². The van der Waals surface area contributed by atoms with Gasteiger partial charge >= 0.3 is 6.09 Å². The summed E-state index contributed by atoms with van der Waals surface area (Å²) in [5, 5.41) is 2.94. The molecule has 254 valence electrons. The van der Waals surface area contributed by atoms with E-state index in [1.54, 1.807) is 20.8 Å². The van der Waals surface area contributed by atoms with Gasteiger partial charge in [0.25, 0.3) is 5.91 Å². The number of aliphatic imine (C=N–C) groups is 1. The van der Waals surface area contributed by atoms with Gasteiger partial charge in [0.15, 0.2) is 15.0 Å². The number of ether oxygens (including phenoxy) is 1. The molecular formula is C37H44N4O5S2. The van der Waals surface area contributed by atoms with Crippen LogP contribution in [0.2, 0.25) is 0 Å². The van der Waals surface area contributed by atoms with Crippen molar-refractivity contribution in [3.63, 3.8) is 0 Å². The molecule has 3 saturated heterocycles. The van der Waals surface area contributed by atoms with E-state index in [9.17, 15) is 18.0 Å². The van der Waals surface area contributed by atoms with Crippen LogP contribution < -0.4 is 15.1 Å². The first kappa shape index (κ1) is 34.0. The number of carbonyl (C=O) groups excluding carboxylic acids is 2. The summed E-state index contributed by atoms with van der Waals surface area (Å²) in [6.07, 6.45) is 2.89. The molecule has 0 saturated carbocycles. The molecule has 3 aliphatic rings. The Morgan fingerprint density at radius 1 is 0.896 bits per heavy atom. The molecule has 0 unspecified atom stereocenters. The number of alkyl carbamates (subject to hydrolysis) is 1. The highest BCUT2D eigenvalue weighted by molar-refractivity contribution is 8.16. The highest BCUT2D eigenvalue weighted by Gasteiger charge is 2.49.